The van der Waals surface area contributed by atoms with Crippen molar-refractivity contribution in [2.24, 2.45) is 0 Å². The fraction of sp³-hybridized carbons (Fsp3) is 0. The lowest BCUT2D eigenvalue weighted by Gasteiger charge is -1.98. The lowest BCUT2D eigenvalue weighted by molar-refractivity contribution is 0.624. The van der Waals surface area contributed by atoms with Crippen molar-refractivity contribution in [2.75, 3.05) is 0 Å². The number of nitriles is 1. The molecule has 4 heteroatoms. The lowest BCUT2D eigenvalue weighted by Crippen LogP contribution is -1.84. The monoisotopic (exact) mass is 187 g/mol. The molecule has 0 fully saturated rings. The van der Waals surface area contributed by atoms with Crippen LogP contribution in [0.2, 0.25) is 0 Å². The Labute approximate surface area is 79.8 Å². The molecule has 0 bridgehead atoms. The molecular formula is C10H6FN3. The maximum absolute atomic E-state index is 13.0. The van der Waals surface area contributed by atoms with Gasteiger partial charge in [-0.3, -0.25) is 5.10 Å². The van der Waals surface area contributed by atoms with E-state index >= 15 is 0 Å². The number of aromatic nitrogens is 2. The molecule has 1 aromatic heterocycles. The largest absolute Gasteiger partial charge is 0.285 e. The third-order valence-corrected chi connectivity index (χ3v) is 1.92. The molecule has 1 aromatic carbocycles. The van der Waals surface area contributed by atoms with Gasteiger partial charge in [0.1, 0.15) is 11.9 Å². The zero-order chi connectivity index (χ0) is 9.97. The van der Waals surface area contributed by atoms with Crippen LogP contribution < -0.4 is 0 Å². The van der Waals surface area contributed by atoms with Gasteiger partial charge in [-0.15, -0.1) is 0 Å². The Balaban J connectivity index is 2.53. The van der Waals surface area contributed by atoms with E-state index in [9.17, 15) is 4.39 Å². The van der Waals surface area contributed by atoms with Gasteiger partial charge in [0.05, 0.1) is 11.8 Å². The first-order valence-corrected chi connectivity index (χ1v) is 4.00. The predicted octanol–water partition coefficient (Wildman–Crippen LogP) is 2.09. The van der Waals surface area contributed by atoms with E-state index in [1.54, 1.807) is 24.5 Å². The summed E-state index contributed by atoms with van der Waals surface area (Å²) in [5.41, 5.74) is 1.65. The summed E-state index contributed by atoms with van der Waals surface area (Å²) in [7, 11) is 0. The SMILES string of the molecule is N#Cc1cc(-c2cn[nH]c2)ccc1F. The molecule has 0 amide bonds. The third-order valence-electron chi connectivity index (χ3n) is 1.92. The lowest BCUT2D eigenvalue weighted by atomic mass is 10.1. The second-order valence-corrected chi connectivity index (χ2v) is 2.79. The minimum atomic E-state index is -0.500. The van der Waals surface area contributed by atoms with Crippen molar-refractivity contribution in [1.29, 1.82) is 5.26 Å². The fourth-order valence-corrected chi connectivity index (χ4v) is 1.20. The summed E-state index contributed by atoms with van der Waals surface area (Å²) in [4.78, 5) is 0. The standard InChI is InChI=1S/C10H6FN3/c11-10-2-1-7(3-8(10)4-12)9-5-13-14-6-9/h1-3,5-6H,(H,13,14). The summed E-state index contributed by atoms with van der Waals surface area (Å²) in [6.07, 6.45) is 3.31. The summed E-state index contributed by atoms with van der Waals surface area (Å²) in [5, 5.41) is 15.1. The highest BCUT2D eigenvalue weighted by atomic mass is 19.1. The van der Waals surface area contributed by atoms with Crippen molar-refractivity contribution in [2.45, 2.75) is 0 Å². The Morgan fingerprint density at radius 3 is 2.86 bits per heavy atom. The van der Waals surface area contributed by atoms with Crippen molar-refractivity contribution < 1.29 is 4.39 Å². The van der Waals surface area contributed by atoms with Crippen LogP contribution in [-0.4, -0.2) is 10.2 Å². The molecule has 0 saturated heterocycles. The van der Waals surface area contributed by atoms with Crippen molar-refractivity contribution in [3.05, 3.63) is 42.0 Å². The van der Waals surface area contributed by atoms with Crippen LogP contribution in [0.15, 0.2) is 30.6 Å². The highest BCUT2D eigenvalue weighted by Crippen LogP contribution is 2.20. The molecule has 0 aliphatic rings. The number of hydrogen-bond donors (Lipinski definition) is 1. The number of halogens is 1. The Bertz CT molecular complexity index is 483. The first-order chi connectivity index (χ1) is 6.81. The van der Waals surface area contributed by atoms with Crippen molar-refractivity contribution in [1.82, 2.24) is 10.2 Å². The fourth-order valence-electron chi connectivity index (χ4n) is 1.20. The first kappa shape index (κ1) is 8.45. The van der Waals surface area contributed by atoms with Gasteiger partial charge in [0.2, 0.25) is 0 Å². The van der Waals surface area contributed by atoms with Crippen LogP contribution in [0.3, 0.4) is 0 Å². The number of aromatic amines is 1. The summed E-state index contributed by atoms with van der Waals surface area (Å²) in [6.45, 7) is 0. The molecule has 68 valence electrons. The molecule has 0 unspecified atom stereocenters. The van der Waals surface area contributed by atoms with Crippen LogP contribution in [0.1, 0.15) is 5.56 Å². The maximum atomic E-state index is 13.0. The van der Waals surface area contributed by atoms with Crippen molar-refractivity contribution in [3.8, 4) is 17.2 Å². The van der Waals surface area contributed by atoms with Gasteiger partial charge in [0, 0.05) is 11.8 Å². The second kappa shape index (κ2) is 3.30. The van der Waals surface area contributed by atoms with E-state index in [2.05, 4.69) is 10.2 Å². The molecule has 0 aliphatic carbocycles. The van der Waals surface area contributed by atoms with Gasteiger partial charge in [-0.2, -0.15) is 10.4 Å². The van der Waals surface area contributed by atoms with Gasteiger partial charge in [-0.05, 0) is 17.7 Å². The van der Waals surface area contributed by atoms with E-state index in [0.29, 0.717) is 0 Å². The van der Waals surface area contributed by atoms with Crippen LogP contribution in [0.5, 0.6) is 0 Å². The second-order valence-electron chi connectivity index (χ2n) is 2.79. The average molecular weight is 187 g/mol. The van der Waals surface area contributed by atoms with Crippen molar-refractivity contribution >= 4 is 0 Å². The molecule has 0 atom stereocenters. The van der Waals surface area contributed by atoms with Gasteiger partial charge in [0.25, 0.3) is 0 Å². The zero-order valence-electron chi connectivity index (χ0n) is 7.16. The number of nitrogens with zero attached hydrogens (tertiary/aromatic N) is 2. The quantitative estimate of drug-likeness (QED) is 0.743. The Morgan fingerprint density at radius 1 is 1.36 bits per heavy atom. The van der Waals surface area contributed by atoms with Gasteiger partial charge in [-0.25, -0.2) is 4.39 Å². The highest BCUT2D eigenvalue weighted by molar-refractivity contribution is 5.63. The van der Waals surface area contributed by atoms with Crippen LogP contribution in [-0.2, 0) is 0 Å². The Morgan fingerprint density at radius 2 is 2.21 bits per heavy atom. The molecule has 1 heterocycles. The minimum absolute atomic E-state index is 0.0451. The normalized spacial score (nSPS) is 9.71. The van der Waals surface area contributed by atoms with E-state index in [1.165, 1.54) is 12.1 Å². The smallest absolute Gasteiger partial charge is 0.140 e. The first-order valence-electron chi connectivity index (χ1n) is 4.00. The van der Waals surface area contributed by atoms with E-state index in [1.807, 2.05) is 0 Å². The van der Waals surface area contributed by atoms with E-state index < -0.39 is 5.82 Å². The predicted molar refractivity (Wildman–Crippen MR) is 48.7 cm³/mol. The van der Waals surface area contributed by atoms with Gasteiger partial charge in [0.15, 0.2) is 0 Å². The maximum Gasteiger partial charge on any atom is 0.140 e. The highest BCUT2D eigenvalue weighted by Gasteiger charge is 2.04. The number of nitrogens with one attached hydrogen (secondary N) is 1. The topological polar surface area (TPSA) is 52.5 Å². The van der Waals surface area contributed by atoms with E-state index in [0.717, 1.165) is 11.1 Å². The summed E-state index contributed by atoms with van der Waals surface area (Å²) < 4.78 is 13.0. The summed E-state index contributed by atoms with van der Waals surface area (Å²) in [5.74, 6) is -0.500. The van der Waals surface area contributed by atoms with E-state index in [-0.39, 0.29) is 5.56 Å². The summed E-state index contributed by atoms with van der Waals surface area (Å²) >= 11 is 0. The van der Waals surface area contributed by atoms with E-state index in [4.69, 9.17) is 5.26 Å². The van der Waals surface area contributed by atoms with Crippen molar-refractivity contribution in [3.63, 3.8) is 0 Å². The average Bonchev–Trinajstić information content (AvgIpc) is 2.71. The molecule has 0 saturated carbocycles. The molecule has 0 radical (unpaired) electrons. The molecule has 1 N–H and O–H groups in total. The Hall–Kier alpha value is -2.15. The summed E-state index contributed by atoms with van der Waals surface area (Å²) in [6, 6.07) is 6.18. The van der Waals surface area contributed by atoms with Crippen LogP contribution in [0.25, 0.3) is 11.1 Å². The minimum Gasteiger partial charge on any atom is -0.285 e. The number of rotatable bonds is 1. The van der Waals surface area contributed by atoms with Crippen LogP contribution in [0.4, 0.5) is 4.39 Å². The Kier molecular flexibility index (Phi) is 1.99. The van der Waals surface area contributed by atoms with Crippen LogP contribution >= 0.6 is 0 Å². The number of hydrogen-bond acceptors (Lipinski definition) is 2. The number of benzene rings is 1. The van der Waals surface area contributed by atoms with Gasteiger partial charge < -0.3 is 0 Å². The third kappa shape index (κ3) is 1.36. The van der Waals surface area contributed by atoms with Gasteiger partial charge >= 0.3 is 0 Å². The molecule has 3 nitrogen and oxygen atoms in total. The number of H-pyrrole nitrogens is 1. The molecule has 14 heavy (non-hydrogen) atoms. The van der Waals surface area contributed by atoms with Crippen LogP contribution in [0, 0.1) is 17.1 Å². The molecule has 2 aromatic rings. The molecule has 2 rings (SSSR count). The van der Waals surface area contributed by atoms with Gasteiger partial charge in [-0.1, -0.05) is 6.07 Å². The molecular weight excluding hydrogens is 181 g/mol. The molecule has 0 aliphatic heterocycles. The zero-order valence-corrected chi connectivity index (χ0v) is 7.16. The molecule has 0 spiro atoms.